The Morgan fingerprint density at radius 3 is 2.71 bits per heavy atom. The highest BCUT2D eigenvalue weighted by atomic mass is 16.5. The number of aryl methyl sites for hydroxylation is 1. The standard InChI is InChI=1S/C16H28N4O/c1-5-14-18-15(17-6-2)12(3)16(19-14)20(4)11-13-9-7-8-10-21-13/h13H,5-11H2,1-4H3,(H,17,18,19). The maximum Gasteiger partial charge on any atom is 0.137 e. The van der Waals surface area contributed by atoms with Crippen molar-refractivity contribution in [2.45, 2.75) is 52.6 Å². The van der Waals surface area contributed by atoms with Crippen molar-refractivity contribution in [3.63, 3.8) is 0 Å². The second kappa shape index (κ2) is 7.59. The predicted molar refractivity (Wildman–Crippen MR) is 87.2 cm³/mol. The van der Waals surface area contributed by atoms with Crippen LogP contribution in [0.5, 0.6) is 0 Å². The number of anilines is 2. The summed E-state index contributed by atoms with van der Waals surface area (Å²) in [4.78, 5) is 11.5. The molecule has 2 heterocycles. The summed E-state index contributed by atoms with van der Waals surface area (Å²) >= 11 is 0. The van der Waals surface area contributed by atoms with E-state index in [1.54, 1.807) is 0 Å². The Labute approximate surface area is 128 Å². The van der Waals surface area contributed by atoms with E-state index >= 15 is 0 Å². The fourth-order valence-corrected chi connectivity index (χ4v) is 2.76. The topological polar surface area (TPSA) is 50.3 Å². The lowest BCUT2D eigenvalue weighted by Crippen LogP contribution is -2.34. The first-order chi connectivity index (χ1) is 10.2. The van der Waals surface area contributed by atoms with Crippen LogP contribution in [0.3, 0.4) is 0 Å². The lowest BCUT2D eigenvalue weighted by molar-refractivity contribution is 0.0215. The van der Waals surface area contributed by atoms with Gasteiger partial charge in [0.05, 0.1) is 6.10 Å². The smallest absolute Gasteiger partial charge is 0.137 e. The van der Waals surface area contributed by atoms with Crippen molar-refractivity contribution in [2.24, 2.45) is 0 Å². The van der Waals surface area contributed by atoms with Gasteiger partial charge in [0.2, 0.25) is 0 Å². The molecule has 1 atom stereocenters. The first-order valence-corrected chi connectivity index (χ1v) is 8.09. The zero-order valence-corrected chi connectivity index (χ0v) is 13.8. The monoisotopic (exact) mass is 292 g/mol. The lowest BCUT2D eigenvalue weighted by Gasteiger charge is -2.29. The molecule has 0 spiro atoms. The molecular weight excluding hydrogens is 264 g/mol. The van der Waals surface area contributed by atoms with Crippen LogP contribution in [0.2, 0.25) is 0 Å². The normalized spacial score (nSPS) is 18.6. The van der Waals surface area contributed by atoms with E-state index in [-0.39, 0.29) is 0 Å². The number of hydrogen-bond acceptors (Lipinski definition) is 5. The number of ether oxygens (including phenoxy) is 1. The second-order valence-electron chi connectivity index (χ2n) is 5.69. The van der Waals surface area contributed by atoms with Crippen molar-refractivity contribution in [3.8, 4) is 0 Å². The maximum absolute atomic E-state index is 5.84. The minimum absolute atomic E-state index is 0.325. The highest BCUT2D eigenvalue weighted by Gasteiger charge is 2.19. The Balaban J connectivity index is 2.17. The molecule has 1 N–H and O–H groups in total. The highest BCUT2D eigenvalue weighted by Crippen LogP contribution is 2.24. The maximum atomic E-state index is 5.84. The second-order valence-corrected chi connectivity index (χ2v) is 5.69. The molecule has 2 rings (SSSR count). The van der Waals surface area contributed by atoms with Crippen molar-refractivity contribution < 1.29 is 4.74 Å². The molecule has 0 amide bonds. The molecule has 1 aromatic heterocycles. The molecule has 0 bridgehead atoms. The molecular formula is C16H28N4O. The number of aromatic nitrogens is 2. The Hall–Kier alpha value is -1.36. The zero-order valence-electron chi connectivity index (χ0n) is 13.8. The number of nitrogens with one attached hydrogen (secondary N) is 1. The highest BCUT2D eigenvalue weighted by molar-refractivity contribution is 5.58. The summed E-state index contributed by atoms with van der Waals surface area (Å²) in [5.41, 5.74) is 1.12. The predicted octanol–water partition coefficient (Wildman–Crippen LogP) is 2.78. The minimum Gasteiger partial charge on any atom is -0.376 e. The van der Waals surface area contributed by atoms with Crippen LogP contribution in [-0.4, -0.2) is 42.8 Å². The van der Waals surface area contributed by atoms with E-state index in [0.717, 1.165) is 55.6 Å². The van der Waals surface area contributed by atoms with Crippen molar-refractivity contribution in [1.29, 1.82) is 0 Å². The van der Waals surface area contributed by atoms with Gasteiger partial charge in [-0.25, -0.2) is 9.97 Å². The van der Waals surface area contributed by atoms with E-state index in [1.807, 2.05) is 0 Å². The summed E-state index contributed by atoms with van der Waals surface area (Å²) in [6, 6.07) is 0. The van der Waals surface area contributed by atoms with Gasteiger partial charge in [0.25, 0.3) is 0 Å². The molecule has 0 aliphatic carbocycles. The van der Waals surface area contributed by atoms with Crippen LogP contribution in [0, 0.1) is 6.92 Å². The summed E-state index contributed by atoms with van der Waals surface area (Å²) in [5.74, 6) is 2.87. The van der Waals surface area contributed by atoms with Gasteiger partial charge in [0, 0.05) is 38.7 Å². The van der Waals surface area contributed by atoms with Crippen LogP contribution in [0.25, 0.3) is 0 Å². The average Bonchev–Trinajstić information content (AvgIpc) is 2.50. The van der Waals surface area contributed by atoms with E-state index in [9.17, 15) is 0 Å². The SMILES string of the molecule is CCNc1nc(CC)nc(N(C)CC2CCCCO2)c1C. The van der Waals surface area contributed by atoms with Crippen molar-refractivity contribution in [3.05, 3.63) is 11.4 Å². The van der Waals surface area contributed by atoms with Crippen LogP contribution in [0.1, 0.15) is 44.5 Å². The third-order valence-corrected chi connectivity index (χ3v) is 3.94. The van der Waals surface area contributed by atoms with E-state index < -0.39 is 0 Å². The molecule has 0 radical (unpaired) electrons. The van der Waals surface area contributed by atoms with Gasteiger partial charge in [0.1, 0.15) is 17.5 Å². The lowest BCUT2D eigenvalue weighted by atomic mass is 10.1. The largest absolute Gasteiger partial charge is 0.376 e. The van der Waals surface area contributed by atoms with Crippen molar-refractivity contribution >= 4 is 11.6 Å². The molecule has 0 aromatic carbocycles. The summed E-state index contributed by atoms with van der Waals surface area (Å²) in [5, 5.41) is 3.34. The summed E-state index contributed by atoms with van der Waals surface area (Å²) in [6.45, 7) is 8.93. The average molecular weight is 292 g/mol. The number of nitrogens with zero attached hydrogens (tertiary/aromatic N) is 3. The molecule has 1 unspecified atom stereocenters. The van der Waals surface area contributed by atoms with Crippen LogP contribution in [-0.2, 0) is 11.2 Å². The molecule has 1 aliphatic rings. The van der Waals surface area contributed by atoms with E-state index in [2.05, 4.69) is 43.0 Å². The van der Waals surface area contributed by atoms with Gasteiger partial charge in [-0.05, 0) is 33.1 Å². The fourth-order valence-electron chi connectivity index (χ4n) is 2.76. The van der Waals surface area contributed by atoms with Crippen LogP contribution in [0.4, 0.5) is 11.6 Å². The van der Waals surface area contributed by atoms with E-state index in [0.29, 0.717) is 6.10 Å². The first kappa shape index (κ1) is 16.0. The Kier molecular flexibility index (Phi) is 5.79. The van der Waals surface area contributed by atoms with Crippen molar-refractivity contribution in [2.75, 3.05) is 37.0 Å². The third-order valence-electron chi connectivity index (χ3n) is 3.94. The zero-order chi connectivity index (χ0) is 15.2. The van der Waals surface area contributed by atoms with Gasteiger partial charge in [0.15, 0.2) is 0 Å². The quantitative estimate of drug-likeness (QED) is 0.873. The van der Waals surface area contributed by atoms with Gasteiger partial charge < -0.3 is 15.0 Å². The van der Waals surface area contributed by atoms with Gasteiger partial charge in [-0.3, -0.25) is 0 Å². The molecule has 1 aliphatic heterocycles. The van der Waals surface area contributed by atoms with Gasteiger partial charge in [-0.15, -0.1) is 0 Å². The summed E-state index contributed by atoms with van der Waals surface area (Å²) in [6.07, 6.45) is 4.78. The van der Waals surface area contributed by atoms with E-state index in [1.165, 1.54) is 12.8 Å². The molecule has 1 saturated heterocycles. The molecule has 118 valence electrons. The molecule has 0 saturated carbocycles. The number of likely N-dealkylation sites (N-methyl/N-ethyl adjacent to an activating group) is 1. The van der Waals surface area contributed by atoms with Gasteiger partial charge in [-0.2, -0.15) is 0 Å². The summed E-state index contributed by atoms with van der Waals surface area (Å²) in [7, 11) is 2.10. The molecule has 21 heavy (non-hydrogen) atoms. The number of hydrogen-bond donors (Lipinski definition) is 1. The van der Waals surface area contributed by atoms with Crippen LogP contribution in [0.15, 0.2) is 0 Å². The van der Waals surface area contributed by atoms with Crippen LogP contribution < -0.4 is 10.2 Å². The van der Waals surface area contributed by atoms with Gasteiger partial charge >= 0.3 is 0 Å². The number of rotatable bonds is 6. The molecule has 1 aromatic rings. The van der Waals surface area contributed by atoms with E-state index in [4.69, 9.17) is 9.72 Å². The summed E-state index contributed by atoms with van der Waals surface area (Å²) < 4.78 is 5.84. The Morgan fingerprint density at radius 2 is 2.10 bits per heavy atom. The Bertz CT molecular complexity index is 458. The minimum atomic E-state index is 0.325. The third kappa shape index (κ3) is 4.06. The first-order valence-electron chi connectivity index (χ1n) is 8.09. The molecule has 5 nitrogen and oxygen atoms in total. The Morgan fingerprint density at radius 1 is 1.29 bits per heavy atom. The molecule has 5 heteroatoms. The van der Waals surface area contributed by atoms with Crippen molar-refractivity contribution in [1.82, 2.24) is 9.97 Å². The molecule has 1 fully saturated rings. The van der Waals surface area contributed by atoms with Gasteiger partial charge in [-0.1, -0.05) is 6.92 Å². The fraction of sp³-hybridized carbons (Fsp3) is 0.750. The van der Waals surface area contributed by atoms with Crippen LogP contribution >= 0.6 is 0 Å².